The van der Waals surface area contributed by atoms with Crippen molar-refractivity contribution in [1.29, 1.82) is 0 Å². The van der Waals surface area contributed by atoms with E-state index < -0.39 is 11.7 Å². The first-order valence-corrected chi connectivity index (χ1v) is 8.15. The van der Waals surface area contributed by atoms with Crippen LogP contribution in [0.3, 0.4) is 0 Å². The number of hydrazine groups is 1. The summed E-state index contributed by atoms with van der Waals surface area (Å²) in [5, 5.41) is 0.997. The summed E-state index contributed by atoms with van der Waals surface area (Å²) in [6, 6.07) is 12.8. The van der Waals surface area contributed by atoms with Crippen molar-refractivity contribution in [1.82, 2.24) is 15.8 Å². The molecule has 0 aliphatic rings. The van der Waals surface area contributed by atoms with E-state index in [2.05, 4.69) is 15.8 Å². The van der Waals surface area contributed by atoms with Crippen LogP contribution in [0.15, 0.2) is 48.5 Å². The lowest BCUT2D eigenvalue weighted by atomic mass is 9.99. The number of halogens is 1. The van der Waals surface area contributed by atoms with Crippen molar-refractivity contribution < 1.29 is 14.0 Å². The molecule has 2 N–H and O–H groups in total. The number of hydrogen-bond acceptors (Lipinski definition) is 3. The summed E-state index contributed by atoms with van der Waals surface area (Å²) in [7, 11) is 0. The van der Waals surface area contributed by atoms with Gasteiger partial charge in [0.1, 0.15) is 5.82 Å². The van der Waals surface area contributed by atoms with Crippen LogP contribution < -0.4 is 10.9 Å². The molecule has 0 saturated heterocycles. The van der Waals surface area contributed by atoms with Crippen LogP contribution in [0.5, 0.6) is 0 Å². The van der Waals surface area contributed by atoms with E-state index in [4.69, 9.17) is 0 Å². The maximum absolute atomic E-state index is 12.9. The maximum Gasteiger partial charge on any atom is 0.269 e. The van der Waals surface area contributed by atoms with Gasteiger partial charge in [0.25, 0.3) is 5.91 Å². The number of carbonyl (C=O) groups is 2. The number of fused-ring (bicyclic) bond motifs is 1. The van der Waals surface area contributed by atoms with Crippen LogP contribution in [0.2, 0.25) is 0 Å². The number of hydrogen-bond donors (Lipinski definition) is 2. The molecule has 0 radical (unpaired) electrons. The smallest absolute Gasteiger partial charge is 0.269 e. The molecule has 6 heteroatoms. The summed E-state index contributed by atoms with van der Waals surface area (Å²) in [6.45, 7) is 3.82. The number of para-hydroxylation sites is 1. The summed E-state index contributed by atoms with van der Waals surface area (Å²) in [5.74, 6) is -1.30. The molecule has 0 atom stereocenters. The number of pyridine rings is 1. The topological polar surface area (TPSA) is 71.1 Å². The maximum atomic E-state index is 12.9. The zero-order chi connectivity index (χ0) is 18.7. The lowest BCUT2D eigenvalue weighted by Crippen LogP contribution is -2.42. The van der Waals surface area contributed by atoms with Gasteiger partial charge in [0.2, 0.25) is 5.91 Å². The second-order valence-electron chi connectivity index (χ2n) is 6.00. The highest BCUT2D eigenvalue weighted by atomic mass is 19.1. The Morgan fingerprint density at radius 3 is 2.42 bits per heavy atom. The van der Waals surface area contributed by atoms with Crippen molar-refractivity contribution in [3.05, 3.63) is 76.7 Å². The van der Waals surface area contributed by atoms with Gasteiger partial charge in [-0.1, -0.05) is 18.2 Å². The van der Waals surface area contributed by atoms with Crippen molar-refractivity contribution in [3.8, 4) is 0 Å². The zero-order valence-corrected chi connectivity index (χ0v) is 14.5. The standard InChI is InChI=1S/C20H18FN3O2/c1-12-16-5-3-4-6-18(16)22-13(2)17(12)11-19(25)23-24-20(26)14-7-9-15(21)10-8-14/h3-10H,11H2,1-2H3,(H,23,25)(H,24,26). The van der Waals surface area contributed by atoms with E-state index in [9.17, 15) is 14.0 Å². The fraction of sp³-hybridized carbons (Fsp3) is 0.150. The van der Waals surface area contributed by atoms with E-state index in [1.807, 2.05) is 38.1 Å². The predicted molar refractivity (Wildman–Crippen MR) is 96.9 cm³/mol. The number of aromatic nitrogens is 1. The van der Waals surface area contributed by atoms with Crippen LogP contribution in [-0.4, -0.2) is 16.8 Å². The molecule has 26 heavy (non-hydrogen) atoms. The van der Waals surface area contributed by atoms with Crippen molar-refractivity contribution in [2.24, 2.45) is 0 Å². The summed E-state index contributed by atoms with van der Waals surface area (Å²) >= 11 is 0. The van der Waals surface area contributed by atoms with Gasteiger partial charge in [-0.25, -0.2) is 4.39 Å². The van der Waals surface area contributed by atoms with Crippen LogP contribution in [0.4, 0.5) is 4.39 Å². The van der Waals surface area contributed by atoms with Gasteiger partial charge in [0, 0.05) is 16.6 Å². The molecule has 0 bridgehead atoms. The van der Waals surface area contributed by atoms with Gasteiger partial charge in [0.15, 0.2) is 0 Å². The Bertz CT molecular complexity index is 984. The molecule has 5 nitrogen and oxygen atoms in total. The van der Waals surface area contributed by atoms with Crippen LogP contribution in [0, 0.1) is 19.7 Å². The van der Waals surface area contributed by atoms with E-state index in [0.717, 1.165) is 27.7 Å². The van der Waals surface area contributed by atoms with Gasteiger partial charge in [-0.15, -0.1) is 0 Å². The van der Waals surface area contributed by atoms with Crippen LogP contribution in [0.25, 0.3) is 10.9 Å². The number of rotatable bonds is 3. The molecule has 3 aromatic rings. The average molecular weight is 351 g/mol. The van der Waals surface area contributed by atoms with Gasteiger partial charge < -0.3 is 0 Å². The lowest BCUT2D eigenvalue weighted by Gasteiger charge is -2.13. The van der Waals surface area contributed by atoms with Crippen LogP contribution in [-0.2, 0) is 11.2 Å². The largest absolute Gasteiger partial charge is 0.273 e. The third-order valence-electron chi connectivity index (χ3n) is 4.24. The van der Waals surface area contributed by atoms with Crippen LogP contribution in [0.1, 0.15) is 27.2 Å². The summed E-state index contributed by atoms with van der Waals surface area (Å²) < 4.78 is 12.9. The van der Waals surface area contributed by atoms with Crippen molar-refractivity contribution in [2.45, 2.75) is 20.3 Å². The molecular formula is C20H18FN3O2. The molecule has 0 unspecified atom stereocenters. The Labute approximate surface area is 150 Å². The van der Waals surface area contributed by atoms with Gasteiger partial charge in [-0.3, -0.25) is 25.4 Å². The van der Waals surface area contributed by atoms with E-state index in [1.54, 1.807) is 0 Å². The monoisotopic (exact) mass is 351 g/mol. The fourth-order valence-electron chi connectivity index (χ4n) is 2.84. The minimum absolute atomic E-state index is 0.0964. The quantitative estimate of drug-likeness (QED) is 0.713. The Hall–Kier alpha value is -3.28. The zero-order valence-electron chi connectivity index (χ0n) is 14.5. The first kappa shape index (κ1) is 17.5. The molecule has 2 amide bonds. The van der Waals surface area contributed by atoms with Crippen molar-refractivity contribution in [3.63, 3.8) is 0 Å². The third kappa shape index (κ3) is 3.69. The van der Waals surface area contributed by atoms with Gasteiger partial charge in [-0.2, -0.15) is 0 Å². The molecule has 0 aliphatic heterocycles. The van der Waals surface area contributed by atoms with E-state index in [1.165, 1.54) is 24.3 Å². The Balaban J connectivity index is 1.69. The molecule has 0 aliphatic carbocycles. The summed E-state index contributed by atoms with van der Waals surface area (Å²) in [5.41, 5.74) is 8.46. The molecule has 0 spiro atoms. The highest BCUT2D eigenvalue weighted by molar-refractivity contribution is 5.95. The Morgan fingerprint density at radius 2 is 1.69 bits per heavy atom. The highest BCUT2D eigenvalue weighted by Crippen LogP contribution is 2.22. The summed E-state index contributed by atoms with van der Waals surface area (Å²) in [4.78, 5) is 28.7. The molecule has 0 saturated carbocycles. The molecule has 2 aromatic carbocycles. The Kier molecular flexibility index (Phi) is 4.93. The fourth-order valence-corrected chi connectivity index (χ4v) is 2.84. The molecule has 132 valence electrons. The van der Waals surface area contributed by atoms with E-state index in [-0.39, 0.29) is 17.9 Å². The average Bonchev–Trinajstić information content (AvgIpc) is 2.64. The number of nitrogens with zero attached hydrogens (tertiary/aromatic N) is 1. The van der Waals surface area contributed by atoms with Crippen LogP contribution >= 0.6 is 0 Å². The molecule has 1 heterocycles. The minimum Gasteiger partial charge on any atom is -0.273 e. The van der Waals surface area contributed by atoms with Gasteiger partial charge >= 0.3 is 0 Å². The second kappa shape index (κ2) is 7.31. The molecule has 3 rings (SSSR count). The predicted octanol–water partition coefficient (Wildman–Crippen LogP) is 2.99. The second-order valence-corrected chi connectivity index (χ2v) is 6.00. The number of benzene rings is 2. The lowest BCUT2D eigenvalue weighted by molar-refractivity contribution is -0.121. The molecule has 0 fully saturated rings. The van der Waals surface area contributed by atoms with Gasteiger partial charge in [-0.05, 0) is 55.3 Å². The summed E-state index contributed by atoms with van der Waals surface area (Å²) in [6.07, 6.45) is 0.0964. The van der Waals surface area contributed by atoms with Crippen molar-refractivity contribution >= 4 is 22.7 Å². The number of nitrogens with one attached hydrogen (secondary N) is 2. The van der Waals surface area contributed by atoms with E-state index >= 15 is 0 Å². The third-order valence-corrected chi connectivity index (χ3v) is 4.24. The number of carbonyl (C=O) groups excluding carboxylic acids is 2. The molecule has 1 aromatic heterocycles. The highest BCUT2D eigenvalue weighted by Gasteiger charge is 2.14. The van der Waals surface area contributed by atoms with E-state index in [0.29, 0.717) is 0 Å². The molecular weight excluding hydrogens is 333 g/mol. The SMILES string of the molecule is Cc1nc2ccccc2c(C)c1CC(=O)NNC(=O)c1ccc(F)cc1. The Morgan fingerprint density at radius 1 is 1.00 bits per heavy atom. The minimum atomic E-state index is -0.511. The first-order valence-electron chi connectivity index (χ1n) is 8.15. The van der Waals surface area contributed by atoms with Gasteiger partial charge in [0.05, 0.1) is 11.9 Å². The normalized spacial score (nSPS) is 10.6. The van der Waals surface area contributed by atoms with Crippen molar-refractivity contribution in [2.75, 3.05) is 0 Å². The first-order chi connectivity index (χ1) is 12.5. The number of amides is 2. The number of aryl methyl sites for hydroxylation is 2.